The van der Waals surface area contributed by atoms with Crippen LogP contribution in [0.15, 0.2) is 85.1 Å². The summed E-state index contributed by atoms with van der Waals surface area (Å²) in [6.45, 7) is 1.61. The highest BCUT2D eigenvalue weighted by molar-refractivity contribution is 5.76. The molecule has 3 heterocycles. The lowest BCUT2D eigenvalue weighted by molar-refractivity contribution is -0.379. The number of rotatable bonds is 59. The van der Waals surface area contributed by atoms with Gasteiger partial charge in [0, 0.05) is 6.42 Å². The molecule has 0 saturated carbocycles. The molecule has 97 heavy (non-hydrogen) atoms. The first-order chi connectivity index (χ1) is 47.3. The van der Waals surface area contributed by atoms with Gasteiger partial charge in [-0.2, -0.15) is 0 Å². The van der Waals surface area contributed by atoms with Crippen molar-refractivity contribution in [2.24, 2.45) is 0 Å². The molecule has 0 aliphatic carbocycles. The van der Waals surface area contributed by atoms with Crippen LogP contribution in [0, 0.1) is 0 Å². The summed E-state index contributed by atoms with van der Waals surface area (Å²) in [5, 5.41) is 121. The van der Waals surface area contributed by atoms with Gasteiger partial charge in [-0.05, 0) is 83.5 Å². The fraction of sp³-hybridized carbons (Fsp3) is 0.808. The molecule has 19 nitrogen and oxygen atoms in total. The number of aliphatic hydroxyl groups excluding tert-OH is 11. The molecule has 12 N–H and O–H groups in total. The Bertz CT molecular complexity index is 2080. The molecule has 17 unspecified atom stereocenters. The predicted octanol–water partition coefficient (Wildman–Crippen LogP) is 11.8. The third-order valence-electron chi connectivity index (χ3n) is 18.7. The van der Waals surface area contributed by atoms with Gasteiger partial charge in [-0.25, -0.2) is 0 Å². The number of amides is 1. The van der Waals surface area contributed by atoms with Crippen molar-refractivity contribution in [3.8, 4) is 0 Å². The van der Waals surface area contributed by atoms with Crippen molar-refractivity contribution in [1.29, 1.82) is 0 Å². The second-order valence-electron chi connectivity index (χ2n) is 27.1. The molecule has 3 aliphatic heterocycles. The van der Waals surface area contributed by atoms with Gasteiger partial charge in [-0.3, -0.25) is 4.79 Å². The van der Waals surface area contributed by atoms with Crippen LogP contribution in [-0.2, 0) is 33.2 Å². The summed E-state index contributed by atoms with van der Waals surface area (Å²) in [6.07, 6.45) is 49.9. The van der Waals surface area contributed by atoms with Gasteiger partial charge in [0.05, 0.1) is 38.6 Å². The largest absolute Gasteiger partial charge is 0.394 e. The van der Waals surface area contributed by atoms with Crippen LogP contribution >= 0.6 is 0 Å². The molecular formula is C78H137NO18. The molecule has 17 atom stereocenters. The molecule has 562 valence electrons. The summed E-state index contributed by atoms with van der Waals surface area (Å²) < 4.78 is 34.4. The van der Waals surface area contributed by atoms with Crippen molar-refractivity contribution in [3.05, 3.63) is 85.1 Å². The van der Waals surface area contributed by atoms with E-state index < -0.39 is 124 Å². The number of aliphatic hydroxyl groups is 11. The summed E-state index contributed by atoms with van der Waals surface area (Å²) in [4.78, 5) is 13.5. The molecule has 3 rings (SSSR count). The lowest BCUT2D eigenvalue weighted by Crippen LogP contribution is -2.66. The fourth-order valence-corrected chi connectivity index (χ4v) is 12.5. The van der Waals surface area contributed by atoms with Crippen LogP contribution in [0.3, 0.4) is 0 Å². The zero-order chi connectivity index (χ0) is 70.4. The van der Waals surface area contributed by atoms with Gasteiger partial charge in [0.25, 0.3) is 0 Å². The minimum Gasteiger partial charge on any atom is -0.394 e. The number of nitrogens with one attached hydrogen (secondary N) is 1. The third kappa shape index (κ3) is 39.3. The van der Waals surface area contributed by atoms with Crippen molar-refractivity contribution >= 4 is 5.91 Å². The van der Waals surface area contributed by atoms with E-state index in [1.165, 1.54) is 167 Å². The molecule has 1 amide bonds. The first kappa shape index (κ1) is 88.2. The van der Waals surface area contributed by atoms with Gasteiger partial charge >= 0.3 is 0 Å². The summed E-state index contributed by atoms with van der Waals surface area (Å²) in [7, 11) is 0. The van der Waals surface area contributed by atoms with Gasteiger partial charge in [0.15, 0.2) is 18.9 Å². The first-order valence-corrected chi connectivity index (χ1v) is 38.3. The van der Waals surface area contributed by atoms with Crippen LogP contribution in [0.2, 0.25) is 0 Å². The third-order valence-corrected chi connectivity index (χ3v) is 18.7. The Morgan fingerprint density at radius 2 is 0.722 bits per heavy atom. The molecular weight excluding hydrogens is 1240 g/mol. The Balaban J connectivity index is 1.39. The van der Waals surface area contributed by atoms with E-state index in [0.717, 1.165) is 70.6 Å². The summed E-state index contributed by atoms with van der Waals surface area (Å²) >= 11 is 0. The highest BCUT2D eigenvalue weighted by atomic mass is 16.8. The van der Waals surface area contributed by atoms with Gasteiger partial charge in [-0.1, -0.05) is 266 Å². The van der Waals surface area contributed by atoms with Crippen molar-refractivity contribution in [2.75, 3.05) is 26.4 Å². The fourth-order valence-electron chi connectivity index (χ4n) is 12.5. The van der Waals surface area contributed by atoms with E-state index in [9.17, 15) is 61.0 Å². The van der Waals surface area contributed by atoms with Gasteiger partial charge < -0.3 is 89.9 Å². The quantitative estimate of drug-likeness (QED) is 0.0199. The number of allylic oxidation sites excluding steroid dienone is 13. The molecule has 3 saturated heterocycles. The molecule has 0 bridgehead atoms. The number of carbonyl (C=O) groups is 1. The lowest BCUT2D eigenvalue weighted by Gasteiger charge is -2.48. The SMILES string of the molecule is CC/C=C\C/C=C\C/C=C\C/C=C\CCCCCCCCCCCCCCCCCCCCC(=O)NC(COC1OC(CO)C(OC2OC(CO)C(OC3OC(CO)C(O)C(O)C3O)C(O)C2O)C(O)C1O)C(O)/C=C/CC/C=C/CC/C=C/CCCCCCCCCCCCC. The Morgan fingerprint density at radius 1 is 0.381 bits per heavy atom. The molecule has 0 aromatic rings. The molecule has 19 heteroatoms. The van der Waals surface area contributed by atoms with Crippen LogP contribution in [0.25, 0.3) is 0 Å². The number of hydrogen-bond acceptors (Lipinski definition) is 18. The average molecular weight is 1380 g/mol. The summed E-state index contributed by atoms with van der Waals surface area (Å²) in [5.74, 6) is -0.289. The van der Waals surface area contributed by atoms with Crippen LogP contribution in [0.5, 0.6) is 0 Å². The highest BCUT2D eigenvalue weighted by Gasteiger charge is 2.53. The number of unbranched alkanes of at least 4 members (excludes halogenated alkanes) is 31. The Hall–Kier alpha value is -3.03. The minimum absolute atomic E-state index is 0.230. The van der Waals surface area contributed by atoms with Crippen LogP contribution in [0.1, 0.15) is 271 Å². The zero-order valence-corrected chi connectivity index (χ0v) is 59.8. The highest BCUT2D eigenvalue weighted by Crippen LogP contribution is 2.33. The first-order valence-electron chi connectivity index (χ1n) is 38.3. The normalized spacial score (nSPS) is 27.4. The van der Waals surface area contributed by atoms with E-state index in [0.29, 0.717) is 12.8 Å². The minimum atomic E-state index is -1.99. The predicted molar refractivity (Wildman–Crippen MR) is 383 cm³/mol. The van der Waals surface area contributed by atoms with Gasteiger partial charge in [-0.15, -0.1) is 0 Å². The van der Waals surface area contributed by atoms with E-state index in [1.807, 2.05) is 6.08 Å². The maximum absolute atomic E-state index is 13.5. The Kier molecular flexibility index (Phi) is 53.2. The maximum Gasteiger partial charge on any atom is 0.220 e. The van der Waals surface area contributed by atoms with Crippen molar-refractivity contribution < 1.29 is 89.4 Å². The van der Waals surface area contributed by atoms with Gasteiger partial charge in [0.2, 0.25) is 5.91 Å². The molecule has 3 fully saturated rings. The Labute approximate surface area is 584 Å². The summed E-state index contributed by atoms with van der Waals surface area (Å²) in [6, 6.07) is -1.00. The lowest BCUT2D eigenvalue weighted by atomic mass is 9.96. The summed E-state index contributed by atoms with van der Waals surface area (Å²) in [5.41, 5.74) is 0. The van der Waals surface area contributed by atoms with E-state index in [-0.39, 0.29) is 18.9 Å². The average Bonchev–Trinajstić information content (AvgIpc) is 0.798. The molecule has 0 aromatic carbocycles. The molecule has 0 spiro atoms. The topological polar surface area (TPSA) is 307 Å². The Morgan fingerprint density at radius 3 is 1.15 bits per heavy atom. The van der Waals surface area contributed by atoms with Crippen LogP contribution in [0.4, 0.5) is 0 Å². The molecule has 0 aromatic heterocycles. The standard InChI is InChI=1S/C78H137NO18/c1-3-5-7-9-11-13-15-17-19-21-23-25-26-27-28-29-30-31-32-33-34-36-38-40-42-44-46-48-50-52-54-56-66(84)79-61(62(83)55-53-51-49-47-45-43-41-39-37-35-24-22-20-18-16-14-12-10-8-6-4-2)60-92-76-72(90)69(87)74(64(58-81)94-76)97-78-73(91)70(88)75(65(59-82)95-78)96-77-71(89)68(86)67(85)63(57-80)93-77/h5,7,11,13,17,19,23,25,37,39,45,47,53,55,61-65,67-78,80-83,85-91H,3-4,6,8-10,12,14-16,18,20-22,24,26-36,38,40-44,46,48-52,54,56-60H2,1-2H3,(H,79,84)/b7-5-,13-11-,19-17-,25-23-,39-37+,47-45+,55-53+. The van der Waals surface area contributed by atoms with Crippen LogP contribution in [-0.4, -0.2) is 193 Å². The van der Waals surface area contributed by atoms with Gasteiger partial charge in [0.1, 0.15) is 73.2 Å². The van der Waals surface area contributed by atoms with E-state index >= 15 is 0 Å². The number of carbonyl (C=O) groups excluding carboxylic acids is 1. The van der Waals surface area contributed by atoms with E-state index in [2.05, 4.69) is 92.1 Å². The maximum atomic E-state index is 13.5. The van der Waals surface area contributed by atoms with Crippen molar-refractivity contribution in [2.45, 2.75) is 375 Å². The zero-order valence-electron chi connectivity index (χ0n) is 59.8. The number of hydrogen-bond donors (Lipinski definition) is 12. The van der Waals surface area contributed by atoms with Crippen molar-refractivity contribution in [3.63, 3.8) is 0 Å². The molecule has 0 radical (unpaired) electrons. The van der Waals surface area contributed by atoms with Crippen LogP contribution < -0.4 is 5.32 Å². The monoisotopic (exact) mass is 1380 g/mol. The van der Waals surface area contributed by atoms with Crippen molar-refractivity contribution in [1.82, 2.24) is 5.32 Å². The number of ether oxygens (including phenoxy) is 6. The van der Waals surface area contributed by atoms with E-state index in [4.69, 9.17) is 28.4 Å². The second-order valence-corrected chi connectivity index (χ2v) is 27.1. The van der Waals surface area contributed by atoms with E-state index in [1.54, 1.807) is 6.08 Å². The second kappa shape index (κ2) is 58.5. The molecule has 3 aliphatic rings. The smallest absolute Gasteiger partial charge is 0.220 e.